The van der Waals surface area contributed by atoms with Gasteiger partial charge < -0.3 is 9.88 Å². The molecule has 2 aromatic heterocycles. The summed E-state index contributed by atoms with van der Waals surface area (Å²) in [5.41, 5.74) is 1.63. The molecule has 0 fully saturated rings. The van der Waals surface area contributed by atoms with E-state index in [2.05, 4.69) is 10.3 Å². The van der Waals surface area contributed by atoms with Gasteiger partial charge in [-0.05, 0) is 48.9 Å². The van der Waals surface area contributed by atoms with E-state index in [4.69, 9.17) is 0 Å². The number of pyridine rings is 2. The molecule has 0 saturated heterocycles. The van der Waals surface area contributed by atoms with Crippen molar-refractivity contribution >= 4 is 11.6 Å². The van der Waals surface area contributed by atoms with Gasteiger partial charge >= 0.3 is 0 Å². The van der Waals surface area contributed by atoms with Crippen LogP contribution in [0.1, 0.15) is 21.6 Å². The van der Waals surface area contributed by atoms with Gasteiger partial charge in [-0.2, -0.15) is 0 Å². The molecule has 0 aliphatic heterocycles. The maximum Gasteiger partial charge on any atom is 0.274 e. The Labute approximate surface area is 143 Å². The highest BCUT2D eigenvalue weighted by atomic mass is 19.1. The molecule has 126 valence electrons. The number of hydrogen-bond donors (Lipinski definition) is 1. The number of aromatic nitrogens is 2. The van der Waals surface area contributed by atoms with Crippen LogP contribution in [0, 0.1) is 12.7 Å². The van der Waals surface area contributed by atoms with Crippen LogP contribution in [0.5, 0.6) is 0 Å². The zero-order valence-electron chi connectivity index (χ0n) is 13.6. The minimum absolute atomic E-state index is 0.179. The summed E-state index contributed by atoms with van der Waals surface area (Å²) in [5, 5.41) is 2.63. The van der Waals surface area contributed by atoms with Crippen LogP contribution in [0.2, 0.25) is 0 Å². The third-order valence-electron chi connectivity index (χ3n) is 3.79. The van der Waals surface area contributed by atoms with Crippen molar-refractivity contribution < 1.29 is 9.18 Å². The zero-order valence-corrected chi connectivity index (χ0v) is 13.6. The monoisotopic (exact) mass is 337 g/mol. The van der Waals surface area contributed by atoms with Gasteiger partial charge in [0.2, 0.25) is 0 Å². The van der Waals surface area contributed by atoms with Crippen LogP contribution in [0.15, 0.2) is 65.7 Å². The topological polar surface area (TPSA) is 64.0 Å². The lowest BCUT2D eigenvalue weighted by atomic mass is 10.2. The van der Waals surface area contributed by atoms with Gasteiger partial charge in [0.05, 0.1) is 12.1 Å². The Morgan fingerprint density at radius 3 is 2.64 bits per heavy atom. The Morgan fingerprint density at radius 1 is 1.16 bits per heavy atom. The SMILES string of the molecule is Cc1ncccc1C(=O)Nc1cccn(Cc2ccc(F)cc2)c1=O. The van der Waals surface area contributed by atoms with Crippen LogP contribution in [-0.2, 0) is 6.54 Å². The number of nitrogens with one attached hydrogen (secondary N) is 1. The molecule has 0 atom stereocenters. The second-order valence-electron chi connectivity index (χ2n) is 5.57. The van der Waals surface area contributed by atoms with Crippen LogP contribution in [0.4, 0.5) is 10.1 Å². The molecule has 0 radical (unpaired) electrons. The van der Waals surface area contributed by atoms with E-state index in [9.17, 15) is 14.0 Å². The van der Waals surface area contributed by atoms with Crippen molar-refractivity contribution in [3.05, 3.63) is 93.9 Å². The molecule has 0 aliphatic carbocycles. The molecule has 1 aromatic carbocycles. The molecule has 2 heterocycles. The van der Waals surface area contributed by atoms with E-state index in [-0.39, 0.29) is 29.5 Å². The average Bonchev–Trinajstić information content (AvgIpc) is 2.60. The molecular formula is C19H16FN3O2. The second-order valence-corrected chi connectivity index (χ2v) is 5.57. The lowest BCUT2D eigenvalue weighted by molar-refractivity contribution is 0.102. The largest absolute Gasteiger partial charge is 0.317 e. The van der Waals surface area contributed by atoms with Gasteiger partial charge in [-0.1, -0.05) is 12.1 Å². The minimum atomic E-state index is -0.387. The summed E-state index contributed by atoms with van der Waals surface area (Å²) in [6.07, 6.45) is 3.22. The quantitative estimate of drug-likeness (QED) is 0.796. The van der Waals surface area contributed by atoms with Crippen molar-refractivity contribution in [3.8, 4) is 0 Å². The van der Waals surface area contributed by atoms with E-state index in [0.717, 1.165) is 5.56 Å². The normalized spacial score (nSPS) is 10.5. The maximum absolute atomic E-state index is 13.0. The Balaban J connectivity index is 1.84. The first-order valence-electron chi connectivity index (χ1n) is 7.71. The van der Waals surface area contributed by atoms with Crippen LogP contribution in [0.25, 0.3) is 0 Å². The van der Waals surface area contributed by atoms with Gasteiger partial charge in [0, 0.05) is 18.1 Å². The van der Waals surface area contributed by atoms with Crippen LogP contribution in [-0.4, -0.2) is 15.5 Å². The van der Waals surface area contributed by atoms with Crippen LogP contribution in [0.3, 0.4) is 0 Å². The second kappa shape index (κ2) is 7.09. The predicted molar refractivity (Wildman–Crippen MR) is 93.1 cm³/mol. The van der Waals surface area contributed by atoms with E-state index >= 15 is 0 Å². The molecule has 0 aliphatic rings. The van der Waals surface area contributed by atoms with Gasteiger partial charge in [0.25, 0.3) is 11.5 Å². The van der Waals surface area contributed by atoms with E-state index < -0.39 is 0 Å². The number of carbonyl (C=O) groups excluding carboxylic acids is 1. The number of anilines is 1. The lowest BCUT2D eigenvalue weighted by Crippen LogP contribution is -2.26. The fourth-order valence-corrected chi connectivity index (χ4v) is 2.46. The first-order chi connectivity index (χ1) is 12.0. The highest BCUT2D eigenvalue weighted by Crippen LogP contribution is 2.09. The number of benzene rings is 1. The molecule has 1 amide bonds. The van der Waals surface area contributed by atoms with Crippen molar-refractivity contribution in [1.29, 1.82) is 0 Å². The van der Waals surface area contributed by atoms with Gasteiger partial charge in [-0.25, -0.2) is 4.39 Å². The molecule has 1 N–H and O–H groups in total. The Morgan fingerprint density at radius 2 is 1.92 bits per heavy atom. The minimum Gasteiger partial charge on any atom is -0.317 e. The fraction of sp³-hybridized carbons (Fsp3) is 0.105. The third kappa shape index (κ3) is 3.80. The number of hydrogen-bond acceptors (Lipinski definition) is 3. The van der Waals surface area contributed by atoms with Crippen molar-refractivity contribution in [1.82, 2.24) is 9.55 Å². The molecule has 0 unspecified atom stereocenters. The fourth-order valence-electron chi connectivity index (χ4n) is 2.46. The number of halogens is 1. The Kier molecular flexibility index (Phi) is 4.70. The van der Waals surface area contributed by atoms with Crippen molar-refractivity contribution in [3.63, 3.8) is 0 Å². The first kappa shape index (κ1) is 16.6. The summed E-state index contributed by atoms with van der Waals surface area (Å²) in [6.45, 7) is 2.02. The highest BCUT2D eigenvalue weighted by Gasteiger charge is 2.12. The molecule has 0 saturated carbocycles. The van der Waals surface area contributed by atoms with Gasteiger partial charge in [-0.3, -0.25) is 14.6 Å². The number of rotatable bonds is 4. The zero-order chi connectivity index (χ0) is 17.8. The van der Waals surface area contributed by atoms with Crippen LogP contribution >= 0.6 is 0 Å². The maximum atomic E-state index is 13.0. The van der Waals surface area contributed by atoms with Gasteiger partial charge in [0.15, 0.2) is 0 Å². The molecule has 6 heteroatoms. The van der Waals surface area contributed by atoms with Crippen LogP contribution < -0.4 is 10.9 Å². The van der Waals surface area contributed by atoms with E-state index in [0.29, 0.717) is 11.3 Å². The number of nitrogens with zero attached hydrogens (tertiary/aromatic N) is 2. The molecule has 5 nitrogen and oxygen atoms in total. The van der Waals surface area contributed by atoms with Gasteiger partial charge in [0.1, 0.15) is 11.5 Å². The summed E-state index contributed by atoms with van der Waals surface area (Å²) >= 11 is 0. The number of amides is 1. The third-order valence-corrected chi connectivity index (χ3v) is 3.79. The smallest absolute Gasteiger partial charge is 0.274 e. The van der Waals surface area contributed by atoms with Crippen molar-refractivity contribution in [2.75, 3.05) is 5.32 Å². The summed E-state index contributed by atoms with van der Waals surface area (Å²) in [7, 11) is 0. The molecule has 0 spiro atoms. The van der Waals surface area contributed by atoms with E-state index in [1.807, 2.05) is 0 Å². The standard InChI is InChI=1S/C19H16FN3O2/c1-13-16(4-2-10-21-13)18(24)22-17-5-3-11-23(19(17)25)12-14-6-8-15(20)9-7-14/h2-11H,12H2,1H3,(H,22,24). The summed E-state index contributed by atoms with van der Waals surface area (Å²) in [5.74, 6) is -0.716. The molecular weight excluding hydrogens is 321 g/mol. The van der Waals surface area contributed by atoms with Gasteiger partial charge in [-0.15, -0.1) is 0 Å². The first-order valence-corrected chi connectivity index (χ1v) is 7.71. The lowest BCUT2D eigenvalue weighted by Gasteiger charge is -2.10. The van der Waals surface area contributed by atoms with Crippen molar-refractivity contribution in [2.24, 2.45) is 0 Å². The van der Waals surface area contributed by atoms with Crippen molar-refractivity contribution in [2.45, 2.75) is 13.5 Å². The Bertz CT molecular complexity index is 965. The summed E-state index contributed by atoms with van der Waals surface area (Å²) in [4.78, 5) is 29.0. The summed E-state index contributed by atoms with van der Waals surface area (Å²) < 4.78 is 14.4. The van der Waals surface area contributed by atoms with E-state index in [1.165, 1.54) is 16.7 Å². The molecule has 25 heavy (non-hydrogen) atoms. The number of aryl methyl sites for hydroxylation is 1. The predicted octanol–water partition coefficient (Wildman–Crippen LogP) is 2.99. The number of carbonyl (C=O) groups is 1. The highest BCUT2D eigenvalue weighted by molar-refractivity contribution is 6.04. The van der Waals surface area contributed by atoms with E-state index in [1.54, 1.807) is 55.7 Å². The molecule has 0 bridgehead atoms. The summed E-state index contributed by atoms with van der Waals surface area (Å²) in [6, 6.07) is 12.5. The molecule has 3 aromatic rings. The Hall–Kier alpha value is -3.28. The average molecular weight is 337 g/mol. The molecule has 3 rings (SSSR count).